The van der Waals surface area contributed by atoms with Crippen LogP contribution in [0.25, 0.3) is 0 Å². The van der Waals surface area contributed by atoms with Crippen molar-refractivity contribution in [3.05, 3.63) is 65.2 Å². The van der Waals surface area contributed by atoms with Crippen LogP contribution in [0.3, 0.4) is 0 Å². The monoisotopic (exact) mass is 361 g/mol. The zero-order valence-electron chi connectivity index (χ0n) is 14.4. The van der Waals surface area contributed by atoms with Crippen molar-refractivity contribution in [3.8, 4) is 5.75 Å². The van der Waals surface area contributed by atoms with Gasteiger partial charge in [0.05, 0.1) is 5.71 Å². The molecule has 0 N–H and O–H groups in total. The highest BCUT2D eigenvalue weighted by molar-refractivity contribution is 6.16. The minimum Gasteiger partial charge on any atom is -0.406 e. The number of carbonyl (C=O) groups excluding carboxylic acids is 1. The molecular weight excluding hydrogens is 343 g/mol. The average molecular weight is 361 g/mol. The minimum absolute atomic E-state index is 0.0126. The molecule has 0 radical (unpaired) electrons. The number of carbonyl (C=O) groups is 1. The van der Waals surface area contributed by atoms with Gasteiger partial charge in [0.15, 0.2) is 5.78 Å². The molecule has 1 heterocycles. The van der Waals surface area contributed by atoms with E-state index >= 15 is 0 Å². The number of ether oxygens (including phenoxy) is 1. The molecule has 3 nitrogen and oxygen atoms in total. The number of halogens is 3. The van der Waals surface area contributed by atoms with Gasteiger partial charge in [-0.2, -0.15) is 0 Å². The number of ketones is 1. The number of nitrogens with zero attached hydrogens (tertiary/aromatic N) is 1. The molecule has 0 fully saturated rings. The summed E-state index contributed by atoms with van der Waals surface area (Å²) in [6, 6.07) is 12.7. The lowest BCUT2D eigenvalue weighted by molar-refractivity contribution is -0.274. The zero-order chi connectivity index (χ0) is 18.9. The van der Waals surface area contributed by atoms with Crippen molar-refractivity contribution in [2.75, 3.05) is 0 Å². The Labute approximate surface area is 149 Å². The van der Waals surface area contributed by atoms with Crippen LogP contribution >= 0.6 is 0 Å². The van der Waals surface area contributed by atoms with Gasteiger partial charge in [-0.1, -0.05) is 50.2 Å². The first-order valence-electron chi connectivity index (χ1n) is 8.29. The molecule has 3 rings (SSSR count). The van der Waals surface area contributed by atoms with Gasteiger partial charge in [0, 0.05) is 17.5 Å². The van der Waals surface area contributed by atoms with Crippen LogP contribution in [-0.4, -0.2) is 23.9 Å². The maximum atomic E-state index is 12.6. The van der Waals surface area contributed by atoms with E-state index < -0.39 is 12.4 Å². The van der Waals surface area contributed by atoms with Crippen molar-refractivity contribution in [1.29, 1.82) is 0 Å². The Hall–Kier alpha value is -2.63. The summed E-state index contributed by atoms with van der Waals surface area (Å²) in [6.45, 7) is 3.81. The summed E-state index contributed by atoms with van der Waals surface area (Å²) in [5.41, 5.74) is 2.40. The van der Waals surface area contributed by atoms with Gasteiger partial charge in [0.1, 0.15) is 11.8 Å². The Morgan fingerprint density at radius 2 is 1.81 bits per heavy atom. The summed E-state index contributed by atoms with van der Waals surface area (Å²) in [4.78, 5) is 17.2. The number of aliphatic imine (C=N–C) groups is 1. The number of fused-ring (bicyclic) bond motifs is 1. The first-order chi connectivity index (χ1) is 12.2. The lowest BCUT2D eigenvalue weighted by Crippen LogP contribution is -2.25. The van der Waals surface area contributed by atoms with E-state index in [4.69, 9.17) is 0 Å². The van der Waals surface area contributed by atoms with Crippen LogP contribution in [0.15, 0.2) is 53.5 Å². The van der Waals surface area contributed by atoms with E-state index in [2.05, 4.69) is 9.73 Å². The van der Waals surface area contributed by atoms with E-state index in [-0.39, 0.29) is 23.9 Å². The quantitative estimate of drug-likeness (QED) is 0.803. The molecule has 0 saturated heterocycles. The number of alkyl halides is 3. The van der Waals surface area contributed by atoms with Crippen molar-refractivity contribution < 1.29 is 22.7 Å². The predicted molar refractivity (Wildman–Crippen MR) is 92.5 cm³/mol. The van der Waals surface area contributed by atoms with E-state index in [0.29, 0.717) is 16.8 Å². The third-order valence-electron chi connectivity index (χ3n) is 4.21. The molecular formula is C20H18F3NO2. The van der Waals surface area contributed by atoms with E-state index in [9.17, 15) is 18.0 Å². The van der Waals surface area contributed by atoms with E-state index in [0.717, 1.165) is 5.56 Å². The summed E-state index contributed by atoms with van der Waals surface area (Å²) < 4.78 is 41.8. The standard InChI is InChI=1S/C20H18F3NO2/c1-12(2)18-17(25)10-14-8-9-15(26-20(21,22)23)11-16(14)19(24-18)13-6-4-3-5-7-13/h3-9,11-12,18H,10H2,1-2H3/t18-/m0/s1. The maximum absolute atomic E-state index is 12.6. The molecule has 2 aromatic rings. The van der Waals surface area contributed by atoms with Gasteiger partial charge in [0.2, 0.25) is 0 Å². The second-order valence-electron chi connectivity index (χ2n) is 6.54. The summed E-state index contributed by atoms with van der Waals surface area (Å²) in [7, 11) is 0. The summed E-state index contributed by atoms with van der Waals surface area (Å²) in [6.07, 6.45) is -4.65. The lowest BCUT2D eigenvalue weighted by Gasteiger charge is -2.15. The van der Waals surface area contributed by atoms with Crippen molar-refractivity contribution in [2.45, 2.75) is 32.7 Å². The van der Waals surface area contributed by atoms with Gasteiger partial charge in [-0.15, -0.1) is 13.2 Å². The maximum Gasteiger partial charge on any atom is 0.573 e. The smallest absolute Gasteiger partial charge is 0.406 e. The molecule has 0 bridgehead atoms. The topological polar surface area (TPSA) is 38.7 Å². The van der Waals surface area contributed by atoms with Gasteiger partial charge in [-0.05, 0) is 23.6 Å². The predicted octanol–water partition coefficient (Wildman–Crippen LogP) is 4.57. The van der Waals surface area contributed by atoms with Crippen LogP contribution in [0, 0.1) is 5.92 Å². The largest absolute Gasteiger partial charge is 0.573 e. The van der Waals surface area contributed by atoms with E-state index in [1.807, 2.05) is 44.2 Å². The van der Waals surface area contributed by atoms with Gasteiger partial charge in [-0.25, -0.2) is 0 Å². The fraction of sp³-hybridized carbons (Fsp3) is 0.300. The van der Waals surface area contributed by atoms with Crippen LogP contribution in [0.2, 0.25) is 0 Å². The van der Waals surface area contributed by atoms with E-state index in [1.165, 1.54) is 18.2 Å². The van der Waals surface area contributed by atoms with Crippen molar-refractivity contribution in [1.82, 2.24) is 0 Å². The molecule has 0 amide bonds. The number of benzene rings is 2. The third-order valence-corrected chi connectivity index (χ3v) is 4.21. The van der Waals surface area contributed by atoms with E-state index in [1.54, 1.807) is 0 Å². The number of hydrogen-bond donors (Lipinski definition) is 0. The fourth-order valence-corrected chi connectivity index (χ4v) is 3.05. The highest BCUT2D eigenvalue weighted by Gasteiger charge is 2.33. The third kappa shape index (κ3) is 3.95. The average Bonchev–Trinajstić information content (AvgIpc) is 2.70. The Morgan fingerprint density at radius 3 is 2.42 bits per heavy atom. The molecule has 0 aromatic heterocycles. The molecule has 0 saturated carbocycles. The number of rotatable bonds is 3. The number of hydrogen-bond acceptors (Lipinski definition) is 3. The van der Waals surface area contributed by atoms with Gasteiger partial charge >= 0.3 is 6.36 Å². The van der Waals surface area contributed by atoms with Crippen LogP contribution in [-0.2, 0) is 11.2 Å². The summed E-state index contributed by atoms with van der Waals surface area (Å²) >= 11 is 0. The first kappa shape index (κ1) is 18.2. The van der Waals surface area contributed by atoms with Crippen LogP contribution < -0.4 is 4.74 Å². The second-order valence-corrected chi connectivity index (χ2v) is 6.54. The fourth-order valence-electron chi connectivity index (χ4n) is 3.05. The highest BCUT2D eigenvalue weighted by atomic mass is 19.4. The zero-order valence-corrected chi connectivity index (χ0v) is 14.4. The first-order valence-corrected chi connectivity index (χ1v) is 8.29. The Kier molecular flexibility index (Phi) is 4.85. The number of Topliss-reactive ketones (excluding diaryl/α,β-unsaturated/α-hetero) is 1. The molecule has 136 valence electrons. The van der Waals surface area contributed by atoms with Crippen LogP contribution in [0.5, 0.6) is 5.75 Å². The normalized spacial score (nSPS) is 17.5. The van der Waals surface area contributed by atoms with Gasteiger partial charge in [-0.3, -0.25) is 9.79 Å². The van der Waals surface area contributed by atoms with Crippen LogP contribution in [0.4, 0.5) is 13.2 Å². The molecule has 1 aliphatic heterocycles. The van der Waals surface area contributed by atoms with Crippen molar-refractivity contribution in [2.24, 2.45) is 10.9 Å². The van der Waals surface area contributed by atoms with Gasteiger partial charge < -0.3 is 4.74 Å². The molecule has 1 aliphatic rings. The van der Waals surface area contributed by atoms with Gasteiger partial charge in [0.25, 0.3) is 0 Å². The van der Waals surface area contributed by atoms with Crippen LogP contribution in [0.1, 0.15) is 30.5 Å². The molecule has 26 heavy (non-hydrogen) atoms. The molecule has 0 spiro atoms. The van der Waals surface area contributed by atoms with Crippen molar-refractivity contribution in [3.63, 3.8) is 0 Å². The lowest BCUT2D eigenvalue weighted by atomic mass is 9.94. The highest BCUT2D eigenvalue weighted by Crippen LogP contribution is 2.30. The molecule has 6 heteroatoms. The Morgan fingerprint density at radius 1 is 1.12 bits per heavy atom. The molecule has 1 atom stereocenters. The summed E-state index contributed by atoms with van der Waals surface area (Å²) in [5.74, 6) is -0.381. The Bertz CT molecular complexity index is 842. The summed E-state index contributed by atoms with van der Waals surface area (Å²) in [5, 5.41) is 0. The minimum atomic E-state index is -4.78. The molecule has 0 unspecified atom stereocenters. The SMILES string of the molecule is CC(C)[C@@H]1N=C(c2ccccc2)c2cc(OC(F)(F)F)ccc2CC1=O. The molecule has 0 aliphatic carbocycles. The Balaban J connectivity index is 2.17. The molecule has 2 aromatic carbocycles. The second kappa shape index (κ2) is 6.94. The van der Waals surface area contributed by atoms with Crippen molar-refractivity contribution >= 4 is 11.5 Å².